The van der Waals surface area contributed by atoms with E-state index in [1.807, 2.05) is 60.7 Å². The highest BCUT2D eigenvalue weighted by molar-refractivity contribution is 6.22. The molecule has 0 N–H and O–H groups in total. The van der Waals surface area contributed by atoms with Crippen LogP contribution in [0.2, 0.25) is 0 Å². The number of hydrogen-bond acceptors (Lipinski definition) is 1. The SMILES string of the molecule is [2H]c1c(-c2c3ccccc3c(-c3ccc(-c4ccc5ccccc5c4)cc3)c3ccccc23)c([2H])c2c(oc3c([2H])c4c([2H])c([2H])c([2H])c([2H])c4c([2H])c32)c1[2H]. The van der Waals surface area contributed by atoms with Gasteiger partial charge in [-0.2, -0.15) is 0 Å². The predicted molar refractivity (Wildman–Crippen MR) is 200 cm³/mol. The monoisotopic (exact) mass is 605 g/mol. The van der Waals surface area contributed by atoms with Crippen molar-refractivity contribution in [2.24, 2.45) is 0 Å². The molecule has 0 spiro atoms. The third-order valence-electron chi connectivity index (χ3n) is 9.07. The van der Waals surface area contributed by atoms with Crippen LogP contribution in [0.25, 0.3) is 98.4 Å². The van der Waals surface area contributed by atoms with E-state index in [1.54, 1.807) is 0 Å². The Bertz CT molecular complexity index is 3290. The molecule has 10 rings (SSSR count). The average molecular weight is 606 g/mol. The van der Waals surface area contributed by atoms with E-state index in [4.69, 9.17) is 11.3 Å². The van der Waals surface area contributed by atoms with E-state index in [2.05, 4.69) is 54.6 Å². The summed E-state index contributed by atoms with van der Waals surface area (Å²) in [6, 6.07) is 35.4. The van der Waals surface area contributed by atoms with Gasteiger partial charge in [0.25, 0.3) is 0 Å². The van der Waals surface area contributed by atoms with E-state index >= 15 is 0 Å². The van der Waals surface area contributed by atoms with Gasteiger partial charge in [-0.15, -0.1) is 0 Å². The van der Waals surface area contributed by atoms with Crippen LogP contribution in [0.3, 0.4) is 0 Å². The summed E-state index contributed by atoms with van der Waals surface area (Å²) in [6.45, 7) is 0. The number of hydrogen-bond donors (Lipinski definition) is 0. The standard InChI is InChI=1S/C46H28O/c1-2-10-32-25-35(22-19-29(32)9-1)30-17-20-31(21-18-30)45-37-13-5-7-15-39(37)46(40-16-8-6-14-38(40)45)36-23-24-43-41(27-36)42-26-33-11-3-4-12-34(33)28-44(42)47-43/h1-28H/i3D,4D,11D,12D,23D,24D,26D,27D,28D. The van der Waals surface area contributed by atoms with Crippen molar-refractivity contribution < 1.29 is 16.8 Å². The zero-order valence-corrected chi connectivity index (χ0v) is 24.9. The normalized spacial score (nSPS) is 14.5. The van der Waals surface area contributed by atoms with Gasteiger partial charge in [0.1, 0.15) is 11.2 Å². The lowest BCUT2D eigenvalue weighted by molar-refractivity contribution is 0.669. The number of benzene rings is 9. The summed E-state index contributed by atoms with van der Waals surface area (Å²) in [5.74, 6) is 0. The van der Waals surface area contributed by atoms with Crippen molar-refractivity contribution in [1.29, 1.82) is 0 Å². The molecule has 218 valence electrons. The third-order valence-corrected chi connectivity index (χ3v) is 9.07. The molecule has 0 radical (unpaired) electrons. The molecule has 1 aromatic heterocycles. The first-order chi connectivity index (χ1) is 27.1. The molecule has 10 aromatic rings. The zero-order chi connectivity index (χ0) is 38.7. The van der Waals surface area contributed by atoms with E-state index in [0.29, 0.717) is 5.56 Å². The molecular weight excluding hydrogens is 569 g/mol. The summed E-state index contributed by atoms with van der Waals surface area (Å²) in [5, 5.41) is 5.37. The van der Waals surface area contributed by atoms with Gasteiger partial charge < -0.3 is 4.42 Å². The van der Waals surface area contributed by atoms with Gasteiger partial charge in [0.15, 0.2) is 0 Å². The van der Waals surface area contributed by atoms with E-state index in [-0.39, 0.29) is 68.5 Å². The van der Waals surface area contributed by atoms with Crippen LogP contribution >= 0.6 is 0 Å². The number of rotatable bonds is 3. The Balaban J connectivity index is 1.25. The molecule has 0 fully saturated rings. The molecular formula is C46H28O. The molecule has 9 aromatic carbocycles. The van der Waals surface area contributed by atoms with E-state index in [9.17, 15) is 5.48 Å². The van der Waals surface area contributed by atoms with Crippen molar-refractivity contribution in [3.8, 4) is 33.4 Å². The Labute approximate surface area is 284 Å². The smallest absolute Gasteiger partial charge is 0.136 e. The lowest BCUT2D eigenvalue weighted by Gasteiger charge is -2.18. The molecule has 0 aliphatic rings. The predicted octanol–water partition coefficient (Wildman–Crippen LogP) is 13.2. The van der Waals surface area contributed by atoms with Crippen molar-refractivity contribution >= 4 is 65.0 Å². The third kappa shape index (κ3) is 4.10. The van der Waals surface area contributed by atoms with Gasteiger partial charge in [0, 0.05) is 10.8 Å². The summed E-state index contributed by atoms with van der Waals surface area (Å²) >= 11 is 0. The summed E-state index contributed by atoms with van der Waals surface area (Å²) in [7, 11) is 0. The lowest BCUT2D eigenvalue weighted by atomic mass is 9.85. The first-order valence-electron chi connectivity index (χ1n) is 19.9. The summed E-state index contributed by atoms with van der Waals surface area (Å²) in [4.78, 5) is 0. The van der Waals surface area contributed by atoms with Crippen molar-refractivity contribution in [2.75, 3.05) is 0 Å². The molecule has 0 unspecified atom stereocenters. The molecule has 0 amide bonds. The fraction of sp³-hybridized carbons (Fsp3) is 0. The van der Waals surface area contributed by atoms with Crippen molar-refractivity contribution in [3.63, 3.8) is 0 Å². The minimum Gasteiger partial charge on any atom is -0.456 e. The maximum absolute atomic E-state index is 9.73. The minimum absolute atomic E-state index is 0.000912. The molecule has 1 heteroatoms. The zero-order valence-electron chi connectivity index (χ0n) is 33.9. The second kappa shape index (κ2) is 10.2. The number of furan rings is 1. The van der Waals surface area contributed by atoms with Crippen LogP contribution in [0.1, 0.15) is 12.3 Å². The van der Waals surface area contributed by atoms with Crippen LogP contribution in [-0.4, -0.2) is 0 Å². The Hall–Kier alpha value is -6.18. The quantitative estimate of drug-likeness (QED) is 0.183. The van der Waals surface area contributed by atoms with Crippen molar-refractivity contribution in [1.82, 2.24) is 0 Å². The number of fused-ring (bicyclic) bond motifs is 7. The second-order valence-electron chi connectivity index (χ2n) is 11.7. The molecule has 0 atom stereocenters. The maximum atomic E-state index is 9.73. The Morgan fingerprint density at radius 2 is 0.915 bits per heavy atom. The van der Waals surface area contributed by atoms with E-state index in [1.165, 1.54) is 10.8 Å². The molecule has 0 bridgehead atoms. The molecule has 0 saturated heterocycles. The Kier molecular flexibility index (Phi) is 4.05. The van der Waals surface area contributed by atoms with Crippen LogP contribution in [-0.2, 0) is 0 Å². The second-order valence-corrected chi connectivity index (χ2v) is 11.7. The highest BCUT2D eigenvalue weighted by Crippen LogP contribution is 2.45. The van der Waals surface area contributed by atoms with Gasteiger partial charge in [-0.3, -0.25) is 0 Å². The van der Waals surface area contributed by atoms with Gasteiger partial charge in [-0.1, -0.05) is 139 Å². The Morgan fingerprint density at radius 1 is 0.362 bits per heavy atom. The van der Waals surface area contributed by atoms with Gasteiger partial charge >= 0.3 is 0 Å². The Morgan fingerprint density at radius 3 is 1.62 bits per heavy atom. The van der Waals surface area contributed by atoms with Crippen LogP contribution in [0.4, 0.5) is 0 Å². The van der Waals surface area contributed by atoms with E-state index in [0.717, 1.165) is 43.8 Å². The maximum Gasteiger partial charge on any atom is 0.136 e. The molecule has 1 nitrogen and oxygen atoms in total. The molecule has 1 heterocycles. The molecule has 47 heavy (non-hydrogen) atoms. The first kappa shape index (κ1) is 18.7. The van der Waals surface area contributed by atoms with Gasteiger partial charge in [0.2, 0.25) is 0 Å². The van der Waals surface area contributed by atoms with Crippen LogP contribution < -0.4 is 0 Å². The van der Waals surface area contributed by atoms with Crippen LogP contribution in [0.5, 0.6) is 0 Å². The molecule has 0 aliphatic heterocycles. The largest absolute Gasteiger partial charge is 0.456 e. The van der Waals surface area contributed by atoms with Gasteiger partial charge in [-0.05, 0) is 107 Å². The summed E-state index contributed by atoms with van der Waals surface area (Å²) in [6.07, 6.45) is 0. The highest BCUT2D eigenvalue weighted by atomic mass is 16.3. The fourth-order valence-electron chi connectivity index (χ4n) is 6.89. The van der Waals surface area contributed by atoms with Gasteiger partial charge in [-0.25, -0.2) is 0 Å². The fourth-order valence-corrected chi connectivity index (χ4v) is 6.89. The first-order valence-corrected chi connectivity index (χ1v) is 15.4. The van der Waals surface area contributed by atoms with E-state index < -0.39 is 24.2 Å². The highest BCUT2D eigenvalue weighted by Gasteiger charge is 2.18. The minimum atomic E-state index is -0.537. The van der Waals surface area contributed by atoms with Crippen molar-refractivity contribution in [2.45, 2.75) is 0 Å². The topological polar surface area (TPSA) is 13.1 Å². The summed E-state index contributed by atoms with van der Waals surface area (Å²) < 4.78 is 86.1. The summed E-state index contributed by atoms with van der Waals surface area (Å²) in [5.41, 5.74) is 4.59. The molecule has 0 saturated carbocycles. The van der Waals surface area contributed by atoms with Crippen LogP contribution in [0.15, 0.2) is 174 Å². The van der Waals surface area contributed by atoms with Crippen molar-refractivity contribution in [3.05, 3.63) is 170 Å². The van der Waals surface area contributed by atoms with Crippen LogP contribution in [0, 0.1) is 0 Å². The molecule has 0 aliphatic carbocycles. The lowest BCUT2D eigenvalue weighted by Crippen LogP contribution is -1.91. The van der Waals surface area contributed by atoms with Gasteiger partial charge in [0.05, 0.1) is 12.3 Å². The average Bonchev–Trinajstić information content (AvgIpc) is 3.64.